The van der Waals surface area contributed by atoms with Crippen molar-refractivity contribution < 1.29 is 5.11 Å². The van der Waals surface area contributed by atoms with E-state index in [4.69, 9.17) is 11.6 Å². The van der Waals surface area contributed by atoms with Gasteiger partial charge in [0, 0.05) is 23.8 Å². The Morgan fingerprint density at radius 2 is 2.00 bits per heavy atom. The molecule has 0 radical (unpaired) electrons. The van der Waals surface area contributed by atoms with Crippen molar-refractivity contribution in [1.82, 2.24) is 9.78 Å². The largest absolute Gasteiger partial charge is 0.379 e. The first-order valence-electron chi connectivity index (χ1n) is 4.99. The van der Waals surface area contributed by atoms with E-state index in [1.165, 1.54) is 0 Å². The first-order valence-corrected chi connectivity index (χ1v) is 5.37. The van der Waals surface area contributed by atoms with E-state index in [0.29, 0.717) is 16.3 Å². The normalized spacial score (nSPS) is 14.8. The van der Waals surface area contributed by atoms with Crippen LogP contribution >= 0.6 is 11.6 Å². The maximum absolute atomic E-state index is 10.6. The Morgan fingerprint density at radius 1 is 1.31 bits per heavy atom. The zero-order valence-corrected chi connectivity index (χ0v) is 9.94. The fourth-order valence-electron chi connectivity index (χ4n) is 1.85. The highest BCUT2D eigenvalue weighted by molar-refractivity contribution is 6.31. The molecule has 0 amide bonds. The van der Waals surface area contributed by atoms with Gasteiger partial charge in [-0.15, -0.1) is 0 Å². The molecule has 0 fully saturated rings. The van der Waals surface area contributed by atoms with E-state index in [0.717, 1.165) is 0 Å². The standard InChI is InChI=1S/C12H13ClN2O/c1-12(16,11-7-8-14-15(11)2)9-5-3-4-6-10(9)13/h3-8,16H,1-2H3. The molecule has 0 aliphatic rings. The first-order chi connectivity index (χ1) is 7.53. The summed E-state index contributed by atoms with van der Waals surface area (Å²) in [6.07, 6.45) is 1.65. The Kier molecular flexibility index (Phi) is 2.74. The first kappa shape index (κ1) is 11.2. The molecule has 84 valence electrons. The molecule has 3 nitrogen and oxygen atoms in total. The van der Waals surface area contributed by atoms with Crippen molar-refractivity contribution in [2.75, 3.05) is 0 Å². The SMILES string of the molecule is Cn1nccc1C(C)(O)c1ccccc1Cl. The molecular weight excluding hydrogens is 224 g/mol. The Labute approximate surface area is 99.3 Å². The number of aromatic nitrogens is 2. The highest BCUT2D eigenvalue weighted by Gasteiger charge is 2.30. The van der Waals surface area contributed by atoms with Crippen LogP contribution in [0.1, 0.15) is 18.2 Å². The zero-order valence-electron chi connectivity index (χ0n) is 9.18. The molecule has 1 atom stereocenters. The van der Waals surface area contributed by atoms with Gasteiger partial charge in [0.2, 0.25) is 0 Å². The predicted octanol–water partition coefficient (Wildman–Crippen LogP) is 2.33. The Hall–Kier alpha value is -1.32. The third kappa shape index (κ3) is 1.72. The predicted molar refractivity (Wildman–Crippen MR) is 63.3 cm³/mol. The summed E-state index contributed by atoms with van der Waals surface area (Å²) in [6, 6.07) is 9.05. The minimum absolute atomic E-state index is 0.550. The maximum Gasteiger partial charge on any atom is 0.130 e. The van der Waals surface area contributed by atoms with Gasteiger partial charge >= 0.3 is 0 Å². The number of rotatable bonds is 2. The number of nitrogens with zero attached hydrogens (tertiary/aromatic N) is 2. The molecule has 1 aromatic carbocycles. The van der Waals surface area contributed by atoms with Crippen LogP contribution in [-0.2, 0) is 12.6 Å². The van der Waals surface area contributed by atoms with E-state index < -0.39 is 5.60 Å². The second kappa shape index (κ2) is 3.92. The van der Waals surface area contributed by atoms with E-state index in [1.807, 2.05) is 18.2 Å². The highest BCUT2D eigenvalue weighted by atomic mass is 35.5. The van der Waals surface area contributed by atoms with Crippen molar-refractivity contribution in [3.8, 4) is 0 Å². The van der Waals surface area contributed by atoms with Crippen molar-refractivity contribution in [2.24, 2.45) is 7.05 Å². The third-order valence-corrected chi connectivity index (χ3v) is 3.05. The summed E-state index contributed by atoms with van der Waals surface area (Å²) in [4.78, 5) is 0. The lowest BCUT2D eigenvalue weighted by Gasteiger charge is -2.25. The van der Waals surface area contributed by atoms with Crippen LogP contribution in [-0.4, -0.2) is 14.9 Å². The van der Waals surface area contributed by atoms with Crippen molar-refractivity contribution in [2.45, 2.75) is 12.5 Å². The van der Waals surface area contributed by atoms with E-state index in [-0.39, 0.29) is 0 Å². The molecule has 1 aromatic heterocycles. The van der Waals surface area contributed by atoms with Crippen LogP contribution in [0.2, 0.25) is 5.02 Å². The van der Waals surface area contributed by atoms with Crippen LogP contribution in [0, 0.1) is 0 Å². The topological polar surface area (TPSA) is 38.0 Å². The third-order valence-electron chi connectivity index (χ3n) is 2.72. The van der Waals surface area contributed by atoms with Gasteiger partial charge in [0.25, 0.3) is 0 Å². The minimum atomic E-state index is -1.14. The van der Waals surface area contributed by atoms with Crippen LogP contribution < -0.4 is 0 Å². The summed E-state index contributed by atoms with van der Waals surface area (Å²) in [5.41, 5.74) is 0.254. The number of benzene rings is 1. The van der Waals surface area contributed by atoms with Gasteiger partial charge in [0.1, 0.15) is 5.60 Å². The maximum atomic E-state index is 10.6. The summed E-state index contributed by atoms with van der Waals surface area (Å²) in [7, 11) is 1.79. The van der Waals surface area contributed by atoms with E-state index >= 15 is 0 Å². The smallest absolute Gasteiger partial charge is 0.130 e. The second-order valence-corrected chi connectivity index (χ2v) is 4.30. The van der Waals surface area contributed by atoms with Crippen LogP contribution in [0.3, 0.4) is 0 Å². The summed E-state index contributed by atoms with van der Waals surface area (Å²) < 4.78 is 1.64. The molecule has 0 bridgehead atoms. The van der Waals surface area contributed by atoms with Gasteiger partial charge in [-0.25, -0.2) is 0 Å². The highest BCUT2D eigenvalue weighted by Crippen LogP contribution is 2.33. The Balaban J connectivity index is 2.55. The molecule has 1 N–H and O–H groups in total. The van der Waals surface area contributed by atoms with E-state index in [1.54, 1.807) is 37.0 Å². The van der Waals surface area contributed by atoms with Gasteiger partial charge < -0.3 is 5.11 Å². The van der Waals surface area contributed by atoms with Gasteiger partial charge in [-0.05, 0) is 19.1 Å². The number of aliphatic hydroxyl groups is 1. The van der Waals surface area contributed by atoms with Crippen molar-refractivity contribution in [3.05, 3.63) is 52.8 Å². The lowest BCUT2D eigenvalue weighted by molar-refractivity contribution is 0.0930. The molecule has 0 aliphatic carbocycles. The molecule has 4 heteroatoms. The number of hydrogen-bond acceptors (Lipinski definition) is 2. The molecule has 2 rings (SSSR count). The second-order valence-electron chi connectivity index (χ2n) is 3.89. The van der Waals surface area contributed by atoms with E-state index in [9.17, 15) is 5.11 Å². The van der Waals surface area contributed by atoms with Crippen LogP contribution in [0.25, 0.3) is 0 Å². The number of hydrogen-bond donors (Lipinski definition) is 1. The minimum Gasteiger partial charge on any atom is -0.379 e. The van der Waals surface area contributed by atoms with Crippen molar-refractivity contribution >= 4 is 11.6 Å². The van der Waals surface area contributed by atoms with E-state index in [2.05, 4.69) is 5.10 Å². The lowest BCUT2D eigenvalue weighted by atomic mass is 9.92. The van der Waals surface area contributed by atoms with Crippen molar-refractivity contribution in [3.63, 3.8) is 0 Å². The van der Waals surface area contributed by atoms with Crippen molar-refractivity contribution in [1.29, 1.82) is 0 Å². The molecule has 0 spiro atoms. The molecular formula is C12H13ClN2O. The molecule has 1 heterocycles. The Morgan fingerprint density at radius 3 is 2.56 bits per heavy atom. The number of aryl methyl sites for hydroxylation is 1. The monoisotopic (exact) mass is 236 g/mol. The quantitative estimate of drug-likeness (QED) is 0.869. The van der Waals surface area contributed by atoms with Gasteiger partial charge in [-0.1, -0.05) is 29.8 Å². The molecule has 16 heavy (non-hydrogen) atoms. The summed E-state index contributed by atoms with van der Waals surface area (Å²) >= 11 is 6.09. The number of halogens is 1. The lowest BCUT2D eigenvalue weighted by Crippen LogP contribution is -2.26. The van der Waals surface area contributed by atoms with Gasteiger partial charge in [0.05, 0.1) is 5.69 Å². The Bertz CT molecular complexity index is 505. The van der Waals surface area contributed by atoms with Crippen LogP contribution in [0.15, 0.2) is 36.5 Å². The summed E-state index contributed by atoms with van der Waals surface area (Å²) in [5.74, 6) is 0. The zero-order chi connectivity index (χ0) is 11.8. The average molecular weight is 237 g/mol. The van der Waals surface area contributed by atoms with Crippen LogP contribution in [0.5, 0.6) is 0 Å². The summed E-state index contributed by atoms with van der Waals surface area (Å²) in [5, 5.41) is 15.2. The summed E-state index contributed by atoms with van der Waals surface area (Å²) in [6.45, 7) is 1.71. The molecule has 0 saturated carbocycles. The van der Waals surface area contributed by atoms with Gasteiger partial charge in [0.15, 0.2) is 0 Å². The van der Waals surface area contributed by atoms with Gasteiger partial charge in [-0.2, -0.15) is 5.10 Å². The van der Waals surface area contributed by atoms with Gasteiger partial charge in [-0.3, -0.25) is 4.68 Å². The molecule has 0 aliphatic heterocycles. The fraction of sp³-hybridized carbons (Fsp3) is 0.250. The molecule has 0 saturated heterocycles. The molecule has 1 unspecified atom stereocenters. The fourth-order valence-corrected chi connectivity index (χ4v) is 2.17. The molecule has 2 aromatic rings. The average Bonchev–Trinajstić information content (AvgIpc) is 2.65. The van der Waals surface area contributed by atoms with Crippen LogP contribution in [0.4, 0.5) is 0 Å².